The lowest BCUT2D eigenvalue weighted by atomic mass is 10.1. The second-order valence-electron chi connectivity index (χ2n) is 7.43. The first-order chi connectivity index (χ1) is 13.6. The monoisotopic (exact) mass is 438 g/mol. The summed E-state index contributed by atoms with van der Waals surface area (Å²) < 4.78 is 11.2. The molecule has 2 aromatic rings. The number of carbonyl (C=O) groups excluding carboxylic acids is 2. The Balaban J connectivity index is 1.64. The fourth-order valence-electron chi connectivity index (χ4n) is 2.49. The Morgan fingerprint density at radius 2 is 1.90 bits per heavy atom. The van der Waals surface area contributed by atoms with Crippen molar-refractivity contribution in [2.24, 2.45) is 0 Å². The Kier molecular flexibility index (Phi) is 6.14. The van der Waals surface area contributed by atoms with E-state index in [0.29, 0.717) is 24.3 Å². The highest BCUT2D eigenvalue weighted by Crippen LogP contribution is 2.28. The molecule has 2 amide bonds. The van der Waals surface area contributed by atoms with Gasteiger partial charge in [0.1, 0.15) is 27.7 Å². The summed E-state index contributed by atoms with van der Waals surface area (Å²) in [7, 11) is 0. The lowest BCUT2D eigenvalue weighted by molar-refractivity contribution is -0.0230. The number of halogens is 2. The number of nitrogens with one attached hydrogen (secondary N) is 1. The van der Waals surface area contributed by atoms with Crippen molar-refractivity contribution in [2.75, 3.05) is 18.4 Å². The fourth-order valence-corrected chi connectivity index (χ4v) is 2.80. The van der Waals surface area contributed by atoms with Crippen LogP contribution < -0.4 is 10.1 Å². The third-order valence-electron chi connectivity index (χ3n) is 3.84. The van der Waals surface area contributed by atoms with E-state index in [1.165, 1.54) is 29.3 Å². The molecule has 0 radical (unpaired) electrons. The number of anilines is 1. The first-order valence-corrected chi connectivity index (χ1v) is 9.60. The molecule has 10 heteroatoms. The maximum absolute atomic E-state index is 12.5. The smallest absolute Gasteiger partial charge is 0.410 e. The zero-order valence-electron chi connectivity index (χ0n) is 16.1. The van der Waals surface area contributed by atoms with E-state index in [1.807, 2.05) is 0 Å². The first-order valence-electron chi connectivity index (χ1n) is 8.85. The average molecular weight is 439 g/mol. The molecular weight excluding hydrogens is 419 g/mol. The van der Waals surface area contributed by atoms with Gasteiger partial charge in [0, 0.05) is 11.8 Å². The van der Waals surface area contributed by atoms with Crippen molar-refractivity contribution in [3.05, 3.63) is 46.3 Å². The summed E-state index contributed by atoms with van der Waals surface area (Å²) in [5.41, 5.74) is 0.124. The van der Waals surface area contributed by atoms with E-state index in [0.717, 1.165) is 0 Å². The van der Waals surface area contributed by atoms with Crippen LogP contribution in [0, 0.1) is 0 Å². The van der Waals surface area contributed by atoms with Gasteiger partial charge in [0.2, 0.25) is 5.88 Å². The van der Waals surface area contributed by atoms with Crippen LogP contribution in [0.3, 0.4) is 0 Å². The van der Waals surface area contributed by atoms with E-state index in [4.69, 9.17) is 32.7 Å². The minimum atomic E-state index is -0.565. The molecule has 1 saturated heterocycles. The first kappa shape index (κ1) is 21.1. The van der Waals surface area contributed by atoms with E-state index in [2.05, 4.69) is 15.3 Å². The molecule has 1 aliphatic heterocycles. The summed E-state index contributed by atoms with van der Waals surface area (Å²) >= 11 is 11.8. The largest absolute Gasteiger partial charge is 0.469 e. The van der Waals surface area contributed by atoms with E-state index < -0.39 is 17.6 Å². The number of ether oxygens (including phenoxy) is 2. The van der Waals surface area contributed by atoms with Crippen molar-refractivity contribution in [2.45, 2.75) is 32.5 Å². The van der Waals surface area contributed by atoms with Gasteiger partial charge in [-0.25, -0.2) is 9.78 Å². The Morgan fingerprint density at radius 1 is 1.17 bits per heavy atom. The quantitative estimate of drug-likeness (QED) is 0.723. The van der Waals surface area contributed by atoms with Crippen LogP contribution in [0.15, 0.2) is 30.5 Å². The molecule has 0 bridgehead atoms. The Labute approximate surface area is 178 Å². The summed E-state index contributed by atoms with van der Waals surface area (Å²) in [6, 6.07) is 6.12. The predicted octanol–water partition coefficient (Wildman–Crippen LogP) is 4.03. The standard InChI is InChI=1S/C19H20Cl2N4O4/c1-19(2,3)29-18(27)25-9-12(10-25)28-17-13(4-5-14(20)24-17)23-16(26)11-6-7-22-15(21)8-11/h4-8,12H,9-10H2,1-3H3,(H,23,26). The number of pyridine rings is 2. The molecule has 3 rings (SSSR count). The second kappa shape index (κ2) is 8.42. The molecule has 0 unspecified atom stereocenters. The molecule has 1 N–H and O–H groups in total. The third kappa shape index (κ3) is 5.71. The van der Waals surface area contributed by atoms with Gasteiger partial charge >= 0.3 is 6.09 Å². The molecule has 0 atom stereocenters. The summed E-state index contributed by atoms with van der Waals surface area (Å²) in [5.74, 6) is -0.230. The molecule has 29 heavy (non-hydrogen) atoms. The van der Waals surface area contributed by atoms with Crippen LogP contribution in [0.25, 0.3) is 0 Å². The van der Waals surface area contributed by atoms with Gasteiger partial charge in [0.05, 0.1) is 13.1 Å². The highest BCUT2D eigenvalue weighted by molar-refractivity contribution is 6.30. The number of carbonyl (C=O) groups is 2. The van der Waals surface area contributed by atoms with E-state index in [9.17, 15) is 9.59 Å². The summed E-state index contributed by atoms with van der Waals surface area (Å²) in [4.78, 5) is 34.0. The maximum Gasteiger partial charge on any atom is 0.410 e. The van der Waals surface area contributed by atoms with Crippen LogP contribution >= 0.6 is 23.2 Å². The number of aromatic nitrogens is 2. The van der Waals surface area contributed by atoms with Gasteiger partial charge in [0.15, 0.2) is 0 Å². The number of nitrogens with zero attached hydrogens (tertiary/aromatic N) is 3. The minimum absolute atomic E-state index is 0.167. The van der Waals surface area contributed by atoms with Crippen molar-refractivity contribution in [1.82, 2.24) is 14.9 Å². The maximum atomic E-state index is 12.5. The van der Waals surface area contributed by atoms with Gasteiger partial charge in [0.25, 0.3) is 5.91 Å². The molecule has 1 fully saturated rings. The number of likely N-dealkylation sites (tertiary alicyclic amines) is 1. The fraction of sp³-hybridized carbons (Fsp3) is 0.368. The normalized spacial score (nSPS) is 14.2. The van der Waals surface area contributed by atoms with E-state index in [1.54, 1.807) is 26.8 Å². The molecule has 154 valence electrons. The number of hydrogen-bond acceptors (Lipinski definition) is 6. The van der Waals surface area contributed by atoms with Crippen molar-refractivity contribution >= 4 is 40.9 Å². The molecule has 8 nitrogen and oxygen atoms in total. The van der Waals surface area contributed by atoms with Crippen molar-refractivity contribution in [3.8, 4) is 5.88 Å². The summed E-state index contributed by atoms with van der Waals surface area (Å²) in [5, 5.41) is 3.15. The molecule has 2 aromatic heterocycles. The van der Waals surface area contributed by atoms with Crippen molar-refractivity contribution < 1.29 is 19.1 Å². The Hall–Kier alpha value is -2.58. The number of rotatable bonds is 4. The van der Waals surface area contributed by atoms with Gasteiger partial charge in [-0.3, -0.25) is 4.79 Å². The molecule has 0 aliphatic carbocycles. The van der Waals surface area contributed by atoms with Gasteiger partial charge in [-0.15, -0.1) is 0 Å². The molecular formula is C19H20Cl2N4O4. The number of hydrogen-bond donors (Lipinski definition) is 1. The van der Waals surface area contributed by atoms with E-state index in [-0.39, 0.29) is 22.3 Å². The van der Waals surface area contributed by atoms with Gasteiger partial charge in [-0.05, 0) is 45.0 Å². The topological polar surface area (TPSA) is 93.6 Å². The third-order valence-corrected chi connectivity index (χ3v) is 4.26. The lowest BCUT2D eigenvalue weighted by Gasteiger charge is -2.39. The van der Waals surface area contributed by atoms with Crippen LogP contribution in [-0.4, -0.2) is 51.7 Å². The van der Waals surface area contributed by atoms with Crippen molar-refractivity contribution in [3.63, 3.8) is 0 Å². The molecule has 0 spiro atoms. The Morgan fingerprint density at radius 3 is 2.55 bits per heavy atom. The molecule has 3 heterocycles. The van der Waals surface area contributed by atoms with E-state index >= 15 is 0 Å². The molecule has 0 saturated carbocycles. The highest BCUT2D eigenvalue weighted by atomic mass is 35.5. The van der Waals surface area contributed by atoms with Crippen molar-refractivity contribution in [1.29, 1.82) is 0 Å². The zero-order chi connectivity index (χ0) is 21.2. The summed E-state index contributed by atoms with van der Waals surface area (Å²) in [6.45, 7) is 6.10. The number of amides is 2. The second-order valence-corrected chi connectivity index (χ2v) is 8.21. The van der Waals surface area contributed by atoms with Crippen LogP contribution in [0.2, 0.25) is 10.3 Å². The molecule has 0 aromatic carbocycles. The SMILES string of the molecule is CC(C)(C)OC(=O)N1CC(Oc2nc(Cl)ccc2NC(=O)c2ccnc(Cl)c2)C1. The van der Waals surface area contributed by atoms with Gasteiger partial charge < -0.3 is 19.7 Å². The minimum Gasteiger partial charge on any atom is -0.469 e. The van der Waals surface area contributed by atoms with Crippen LogP contribution in [-0.2, 0) is 4.74 Å². The zero-order valence-corrected chi connectivity index (χ0v) is 17.6. The predicted molar refractivity (Wildman–Crippen MR) is 109 cm³/mol. The van der Waals surface area contributed by atoms with Crippen LogP contribution in [0.1, 0.15) is 31.1 Å². The van der Waals surface area contributed by atoms with Crippen LogP contribution in [0.5, 0.6) is 5.88 Å². The van der Waals surface area contributed by atoms with Crippen LogP contribution in [0.4, 0.5) is 10.5 Å². The Bertz CT molecular complexity index is 927. The van der Waals surface area contributed by atoms with Gasteiger partial charge in [-0.1, -0.05) is 23.2 Å². The van der Waals surface area contributed by atoms with Gasteiger partial charge in [-0.2, -0.15) is 4.98 Å². The molecule has 1 aliphatic rings. The average Bonchev–Trinajstić information content (AvgIpc) is 2.58. The lowest BCUT2D eigenvalue weighted by Crippen LogP contribution is -2.57. The summed E-state index contributed by atoms with van der Waals surface area (Å²) in [6.07, 6.45) is 0.744. The highest BCUT2D eigenvalue weighted by Gasteiger charge is 2.35.